The molecule has 0 radical (unpaired) electrons. The monoisotopic (exact) mass is 255 g/mol. The fraction of sp³-hybridized carbons (Fsp3) is 0.333. The number of ketones is 1. The Morgan fingerprint density at radius 2 is 2.00 bits per heavy atom. The minimum Gasteiger partial charge on any atom is -0.298 e. The average Bonchev–Trinajstić information content (AvgIpc) is 2.24. The number of halogens is 2. The summed E-state index contributed by atoms with van der Waals surface area (Å²) in [5.41, 5.74) is 0.423. The summed E-state index contributed by atoms with van der Waals surface area (Å²) in [6.07, 6.45) is 1.07. The van der Waals surface area contributed by atoms with Gasteiger partial charge in [-0.05, 0) is 18.6 Å². The molecule has 1 unspecified atom stereocenters. The van der Waals surface area contributed by atoms with E-state index in [1.54, 1.807) is 18.2 Å². The molecule has 2 nitrogen and oxygen atoms in total. The third-order valence-corrected chi connectivity index (χ3v) is 2.90. The van der Waals surface area contributed by atoms with Crippen molar-refractivity contribution in [3.05, 3.63) is 33.8 Å². The molecular weight excluding hydrogens is 245 g/mol. The molecule has 1 aromatic rings. The number of carbonyl (C=O) groups excluding carboxylic acids is 1. The van der Waals surface area contributed by atoms with Gasteiger partial charge in [0.2, 0.25) is 0 Å². The number of benzene rings is 1. The highest BCUT2D eigenvalue weighted by Gasteiger charge is 2.23. The molecule has 1 rings (SSSR count). The Balaban J connectivity index is 3.15. The van der Waals surface area contributed by atoms with Crippen molar-refractivity contribution in [1.29, 1.82) is 5.26 Å². The molecule has 0 bridgehead atoms. The van der Waals surface area contributed by atoms with E-state index < -0.39 is 5.92 Å². The SMILES string of the molecule is CCCC(=O)C(C#N)c1c(Cl)cccc1Cl. The summed E-state index contributed by atoms with van der Waals surface area (Å²) in [5, 5.41) is 9.77. The van der Waals surface area contributed by atoms with Gasteiger partial charge in [0, 0.05) is 22.0 Å². The molecule has 0 amide bonds. The van der Waals surface area contributed by atoms with Crippen LogP contribution in [0.4, 0.5) is 0 Å². The van der Waals surface area contributed by atoms with Crippen LogP contribution in [0.2, 0.25) is 10.0 Å². The highest BCUT2D eigenvalue weighted by Crippen LogP contribution is 2.32. The average molecular weight is 256 g/mol. The molecule has 84 valence electrons. The van der Waals surface area contributed by atoms with Crippen LogP contribution in [0, 0.1) is 11.3 Å². The Hall–Kier alpha value is -1.04. The topological polar surface area (TPSA) is 40.9 Å². The van der Waals surface area contributed by atoms with Gasteiger partial charge >= 0.3 is 0 Å². The first-order valence-electron chi connectivity index (χ1n) is 4.98. The third-order valence-electron chi connectivity index (χ3n) is 2.24. The van der Waals surface area contributed by atoms with Crippen LogP contribution in [0.3, 0.4) is 0 Å². The van der Waals surface area contributed by atoms with Crippen LogP contribution >= 0.6 is 23.2 Å². The van der Waals surface area contributed by atoms with E-state index >= 15 is 0 Å². The standard InChI is InChI=1S/C12H11Cl2NO/c1-2-4-11(16)8(7-15)12-9(13)5-3-6-10(12)14/h3,5-6,8H,2,4H2,1H3. The third kappa shape index (κ3) is 2.75. The number of nitriles is 1. The number of carbonyl (C=O) groups is 1. The largest absolute Gasteiger partial charge is 0.298 e. The van der Waals surface area contributed by atoms with Crippen molar-refractivity contribution in [2.75, 3.05) is 0 Å². The van der Waals surface area contributed by atoms with E-state index in [0.29, 0.717) is 28.5 Å². The number of rotatable bonds is 4. The lowest BCUT2D eigenvalue weighted by Crippen LogP contribution is -2.11. The van der Waals surface area contributed by atoms with Crippen molar-refractivity contribution in [3.8, 4) is 6.07 Å². The van der Waals surface area contributed by atoms with Gasteiger partial charge in [0.15, 0.2) is 5.78 Å². The number of hydrogen-bond donors (Lipinski definition) is 0. The fourth-order valence-corrected chi connectivity index (χ4v) is 2.09. The Bertz CT molecular complexity index is 417. The van der Waals surface area contributed by atoms with Gasteiger partial charge in [0.1, 0.15) is 5.92 Å². The summed E-state index contributed by atoms with van der Waals surface area (Å²) in [7, 11) is 0. The number of Topliss-reactive ketones (excluding diaryl/α,β-unsaturated/α-hetero) is 1. The molecule has 0 saturated carbocycles. The van der Waals surface area contributed by atoms with Gasteiger partial charge in [-0.15, -0.1) is 0 Å². The predicted molar refractivity (Wildman–Crippen MR) is 64.7 cm³/mol. The van der Waals surface area contributed by atoms with Crippen LogP contribution in [0.15, 0.2) is 18.2 Å². The highest BCUT2D eigenvalue weighted by molar-refractivity contribution is 6.36. The molecular formula is C12H11Cl2NO. The van der Waals surface area contributed by atoms with Crippen molar-refractivity contribution in [2.45, 2.75) is 25.7 Å². The lowest BCUT2D eigenvalue weighted by atomic mass is 9.93. The molecule has 0 spiro atoms. The van der Waals surface area contributed by atoms with Crippen molar-refractivity contribution in [2.24, 2.45) is 0 Å². The molecule has 0 heterocycles. The Morgan fingerprint density at radius 3 is 2.44 bits per heavy atom. The van der Waals surface area contributed by atoms with Crippen LogP contribution in [0.25, 0.3) is 0 Å². The second-order valence-corrected chi connectivity index (χ2v) is 4.23. The fourth-order valence-electron chi connectivity index (χ4n) is 1.47. The second kappa shape index (κ2) is 5.89. The van der Waals surface area contributed by atoms with E-state index in [0.717, 1.165) is 0 Å². The smallest absolute Gasteiger partial charge is 0.154 e. The van der Waals surface area contributed by atoms with Crippen molar-refractivity contribution in [3.63, 3.8) is 0 Å². The number of hydrogen-bond acceptors (Lipinski definition) is 2. The molecule has 0 aliphatic heterocycles. The predicted octanol–water partition coefficient (Wildman–Crippen LogP) is 3.97. The quantitative estimate of drug-likeness (QED) is 0.817. The van der Waals surface area contributed by atoms with E-state index in [1.165, 1.54) is 0 Å². The van der Waals surface area contributed by atoms with Crippen LogP contribution in [-0.2, 0) is 4.79 Å². The van der Waals surface area contributed by atoms with Gasteiger partial charge in [-0.3, -0.25) is 4.79 Å². The molecule has 1 atom stereocenters. The van der Waals surface area contributed by atoms with Gasteiger partial charge < -0.3 is 0 Å². The summed E-state index contributed by atoms with van der Waals surface area (Å²) in [4.78, 5) is 11.7. The molecule has 16 heavy (non-hydrogen) atoms. The first kappa shape index (κ1) is 13.0. The maximum absolute atomic E-state index is 11.7. The summed E-state index contributed by atoms with van der Waals surface area (Å²) >= 11 is 11.9. The van der Waals surface area contributed by atoms with Gasteiger partial charge in [-0.25, -0.2) is 0 Å². The maximum Gasteiger partial charge on any atom is 0.154 e. The second-order valence-electron chi connectivity index (χ2n) is 3.41. The molecule has 0 aromatic heterocycles. The summed E-state index contributed by atoms with van der Waals surface area (Å²) < 4.78 is 0. The molecule has 0 aliphatic rings. The Morgan fingerprint density at radius 1 is 1.44 bits per heavy atom. The van der Waals surface area contributed by atoms with Crippen LogP contribution in [0.5, 0.6) is 0 Å². The zero-order valence-corrected chi connectivity index (χ0v) is 10.3. The maximum atomic E-state index is 11.7. The molecule has 0 fully saturated rings. The van der Waals surface area contributed by atoms with Crippen LogP contribution in [-0.4, -0.2) is 5.78 Å². The van der Waals surface area contributed by atoms with Gasteiger partial charge in [0.25, 0.3) is 0 Å². The summed E-state index contributed by atoms with van der Waals surface area (Å²) in [6, 6.07) is 6.92. The van der Waals surface area contributed by atoms with Crippen LogP contribution < -0.4 is 0 Å². The minimum atomic E-state index is -0.860. The normalized spacial score (nSPS) is 11.9. The van der Waals surface area contributed by atoms with E-state index in [9.17, 15) is 4.79 Å². The van der Waals surface area contributed by atoms with E-state index in [-0.39, 0.29) is 5.78 Å². The summed E-state index contributed by atoms with van der Waals surface area (Å²) in [5.74, 6) is -0.999. The van der Waals surface area contributed by atoms with E-state index in [4.69, 9.17) is 28.5 Å². The molecule has 1 aromatic carbocycles. The molecule has 0 N–H and O–H groups in total. The molecule has 4 heteroatoms. The lowest BCUT2D eigenvalue weighted by Gasteiger charge is -2.11. The summed E-state index contributed by atoms with van der Waals surface area (Å²) in [6.45, 7) is 1.89. The van der Waals surface area contributed by atoms with Gasteiger partial charge in [-0.1, -0.05) is 36.2 Å². The minimum absolute atomic E-state index is 0.139. The Kier molecular flexibility index (Phi) is 4.79. The number of nitrogens with zero attached hydrogens (tertiary/aromatic N) is 1. The highest BCUT2D eigenvalue weighted by atomic mass is 35.5. The first-order chi connectivity index (χ1) is 7.61. The van der Waals surface area contributed by atoms with Crippen LogP contribution in [0.1, 0.15) is 31.2 Å². The molecule has 0 aliphatic carbocycles. The van der Waals surface area contributed by atoms with Crippen molar-refractivity contribution >= 4 is 29.0 Å². The lowest BCUT2D eigenvalue weighted by molar-refractivity contribution is -0.119. The zero-order valence-electron chi connectivity index (χ0n) is 8.84. The first-order valence-corrected chi connectivity index (χ1v) is 5.73. The Labute approximate surface area is 105 Å². The van der Waals surface area contributed by atoms with Gasteiger partial charge in [-0.2, -0.15) is 5.26 Å². The van der Waals surface area contributed by atoms with Crippen molar-refractivity contribution < 1.29 is 4.79 Å². The van der Waals surface area contributed by atoms with E-state index in [1.807, 2.05) is 13.0 Å². The van der Waals surface area contributed by atoms with Gasteiger partial charge in [0.05, 0.1) is 6.07 Å². The van der Waals surface area contributed by atoms with E-state index in [2.05, 4.69) is 0 Å². The van der Waals surface area contributed by atoms with Crippen molar-refractivity contribution in [1.82, 2.24) is 0 Å². The zero-order chi connectivity index (χ0) is 12.1. The molecule has 0 saturated heterocycles.